The van der Waals surface area contributed by atoms with Crippen LogP contribution < -0.4 is 0 Å². The summed E-state index contributed by atoms with van der Waals surface area (Å²) in [5, 5.41) is 9.75. The van der Waals surface area contributed by atoms with Crippen LogP contribution in [-0.2, 0) is 4.79 Å². The van der Waals surface area contributed by atoms with E-state index < -0.39 is 5.60 Å². The third-order valence-electron chi connectivity index (χ3n) is 1.80. The highest BCUT2D eigenvalue weighted by Gasteiger charge is 2.18. The minimum atomic E-state index is -0.654. The normalized spacial score (nSPS) is 17.2. The second kappa shape index (κ2) is 5.09. The molecule has 2 heteroatoms. The molecule has 0 aromatic carbocycles. The molecular formula is C10H18O2. The van der Waals surface area contributed by atoms with Crippen LogP contribution >= 0.6 is 0 Å². The number of aldehydes is 1. The topological polar surface area (TPSA) is 37.3 Å². The van der Waals surface area contributed by atoms with Crippen molar-refractivity contribution >= 4 is 6.29 Å². The van der Waals surface area contributed by atoms with Crippen LogP contribution in [0.5, 0.6) is 0 Å². The quantitative estimate of drug-likeness (QED) is 0.506. The molecule has 0 aliphatic heterocycles. The molecule has 1 unspecified atom stereocenters. The molecule has 0 radical (unpaired) electrons. The molecule has 0 bridgehead atoms. The molecule has 0 aliphatic rings. The Labute approximate surface area is 74.3 Å². The number of carbonyl (C=O) groups is 1. The van der Waals surface area contributed by atoms with Gasteiger partial charge in [0.05, 0.1) is 5.60 Å². The fourth-order valence-electron chi connectivity index (χ4n) is 1.40. The highest BCUT2D eigenvalue weighted by Crippen LogP contribution is 2.20. The van der Waals surface area contributed by atoms with Crippen LogP contribution in [0.15, 0.2) is 11.6 Å². The first kappa shape index (κ1) is 11.4. The Morgan fingerprint density at radius 1 is 1.58 bits per heavy atom. The Kier molecular flexibility index (Phi) is 4.83. The van der Waals surface area contributed by atoms with Crippen molar-refractivity contribution in [2.24, 2.45) is 0 Å². The van der Waals surface area contributed by atoms with Crippen LogP contribution in [0.1, 0.15) is 40.0 Å². The minimum Gasteiger partial charge on any atom is -0.390 e. The molecule has 0 fully saturated rings. The van der Waals surface area contributed by atoms with E-state index in [4.69, 9.17) is 0 Å². The van der Waals surface area contributed by atoms with Crippen LogP contribution in [0.4, 0.5) is 0 Å². The van der Waals surface area contributed by atoms with Gasteiger partial charge in [-0.1, -0.05) is 18.9 Å². The van der Waals surface area contributed by atoms with E-state index in [9.17, 15) is 9.90 Å². The molecule has 0 aromatic heterocycles. The van der Waals surface area contributed by atoms with E-state index in [-0.39, 0.29) is 0 Å². The Morgan fingerprint density at radius 3 is 2.58 bits per heavy atom. The van der Waals surface area contributed by atoms with Gasteiger partial charge in [-0.05, 0) is 32.8 Å². The van der Waals surface area contributed by atoms with Gasteiger partial charge in [-0.2, -0.15) is 0 Å². The highest BCUT2D eigenvalue weighted by molar-refractivity contribution is 5.65. The second-order valence-corrected chi connectivity index (χ2v) is 3.57. The summed E-state index contributed by atoms with van der Waals surface area (Å²) >= 11 is 0. The van der Waals surface area contributed by atoms with Crippen molar-refractivity contribution in [1.82, 2.24) is 0 Å². The molecule has 0 spiro atoms. The Morgan fingerprint density at radius 2 is 2.17 bits per heavy atom. The van der Waals surface area contributed by atoms with Crippen LogP contribution in [0, 0.1) is 0 Å². The van der Waals surface area contributed by atoms with Gasteiger partial charge in [0.1, 0.15) is 6.29 Å². The summed E-state index contributed by atoms with van der Waals surface area (Å²) in [4.78, 5) is 10.1. The summed E-state index contributed by atoms with van der Waals surface area (Å²) in [6.07, 6.45) is 4.58. The van der Waals surface area contributed by atoms with Gasteiger partial charge in [0.25, 0.3) is 0 Å². The lowest BCUT2D eigenvalue weighted by Crippen LogP contribution is -2.23. The zero-order chi connectivity index (χ0) is 9.61. The predicted octanol–water partition coefficient (Wildman–Crippen LogP) is 2.07. The van der Waals surface area contributed by atoms with Gasteiger partial charge in [-0.15, -0.1) is 0 Å². The number of rotatable bonds is 5. The molecule has 0 rings (SSSR count). The summed E-state index contributed by atoms with van der Waals surface area (Å²) in [6, 6.07) is 0. The van der Waals surface area contributed by atoms with Crippen molar-refractivity contribution in [3.63, 3.8) is 0 Å². The molecule has 1 atom stereocenters. The zero-order valence-electron chi connectivity index (χ0n) is 8.13. The summed E-state index contributed by atoms with van der Waals surface area (Å²) in [5.74, 6) is 0. The average Bonchev–Trinajstić information content (AvgIpc) is 1.85. The van der Waals surface area contributed by atoms with E-state index in [2.05, 4.69) is 0 Å². The molecule has 0 aromatic rings. The van der Waals surface area contributed by atoms with E-state index >= 15 is 0 Å². The fraction of sp³-hybridized carbons (Fsp3) is 0.700. The molecular weight excluding hydrogens is 152 g/mol. The lowest BCUT2D eigenvalue weighted by atomic mass is 9.93. The third kappa shape index (κ3) is 5.08. The van der Waals surface area contributed by atoms with Gasteiger partial charge in [-0.3, -0.25) is 4.79 Å². The molecule has 1 N–H and O–H groups in total. The first-order valence-corrected chi connectivity index (χ1v) is 4.35. The molecule has 70 valence electrons. The van der Waals surface area contributed by atoms with Crippen LogP contribution in [0.2, 0.25) is 0 Å². The Balaban J connectivity index is 4.04. The summed E-state index contributed by atoms with van der Waals surface area (Å²) < 4.78 is 0. The van der Waals surface area contributed by atoms with Crippen LogP contribution in [0.25, 0.3) is 0 Å². The van der Waals surface area contributed by atoms with Crippen molar-refractivity contribution in [1.29, 1.82) is 0 Å². The molecule has 0 aliphatic carbocycles. The maximum absolute atomic E-state index is 10.1. The maximum Gasteiger partial charge on any atom is 0.142 e. The number of carbonyl (C=O) groups excluding carboxylic acids is 1. The maximum atomic E-state index is 10.1. The summed E-state index contributed by atoms with van der Waals surface area (Å²) in [6.45, 7) is 5.70. The molecule has 0 saturated carbocycles. The Bertz CT molecular complexity index is 169. The second-order valence-electron chi connectivity index (χ2n) is 3.57. The highest BCUT2D eigenvalue weighted by atomic mass is 16.3. The summed E-state index contributed by atoms with van der Waals surface area (Å²) in [5.41, 5.74) is 0.279. The van der Waals surface area contributed by atoms with E-state index in [0.717, 1.165) is 24.7 Å². The molecule has 0 saturated heterocycles. The van der Waals surface area contributed by atoms with Gasteiger partial charge < -0.3 is 5.11 Å². The number of allylic oxidation sites excluding steroid dienone is 1. The van der Waals surface area contributed by atoms with Crippen molar-refractivity contribution in [3.05, 3.63) is 11.6 Å². The largest absolute Gasteiger partial charge is 0.390 e. The fourth-order valence-corrected chi connectivity index (χ4v) is 1.40. The smallest absolute Gasteiger partial charge is 0.142 e. The lowest BCUT2D eigenvalue weighted by molar-refractivity contribution is -0.104. The first-order chi connectivity index (χ1) is 5.52. The molecule has 2 nitrogen and oxygen atoms in total. The van der Waals surface area contributed by atoms with Crippen molar-refractivity contribution in [2.45, 2.75) is 45.6 Å². The Hall–Kier alpha value is -0.630. The average molecular weight is 170 g/mol. The van der Waals surface area contributed by atoms with Crippen LogP contribution in [0.3, 0.4) is 0 Å². The van der Waals surface area contributed by atoms with Crippen LogP contribution in [-0.4, -0.2) is 17.0 Å². The number of hydrogen-bond acceptors (Lipinski definition) is 2. The lowest BCUT2D eigenvalue weighted by Gasteiger charge is -2.22. The number of hydrogen-bond donors (Lipinski definition) is 1. The zero-order valence-corrected chi connectivity index (χ0v) is 8.13. The molecule has 0 amide bonds. The predicted molar refractivity (Wildman–Crippen MR) is 50.0 cm³/mol. The van der Waals surface area contributed by atoms with Gasteiger partial charge in [0, 0.05) is 0 Å². The third-order valence-corrected chi connectivity index (χ3v) is 1.80. The standard InChI is InChI=1S/C10H18O2/c1-4-6-10(3,12)8-9(2)5-7-11/h5,7,12H,4,6,8H2,1-3H3. The van der Waals surface area contributed by atoms with Gasteiger partial charge in [-0.25, -0.2) is 0 Å². The minimum absolute atomic E-state index is 0.583. The molecule has 12 heavy (non-hydrogen) atoms. The van der Waals surface area contributed by atoms with E-state index in [1.54, 1.807) is 6.92 Å². The van der Waals surface area contributed by atoms with Gasteiger partial charge in [0.15, 0.2) is 0 Å². The first-order valence-electron chi connectivity index (χ1n) is 4.35. The van der Waals surface area contributed by atoms with Crippen molar-refractivity contribution in [3.8, 4) is 0 Å². The van der Waals surface area contributed by atoms with E-state index in [1.807, 2.05) is 13.8 Å². The summed E-state index contributed by atoms with van der Waals surface area (Å²) in [7, 11) is 0. The SMILES string of the molecule is CCCC(C)(O)CC(C)=CC=O. The van der Waals surface area contributed by atoms with Gasteiger partial charge in [0.2, 0.25) is 0 Å². The number of aliphatic hydroxyl groups is 1. The van der Waals surface area contributed by atoms with E-state index in [0.29, 0.717) is 6.42 Å². The van der Waals surface area contributed by atoms with Gasteiger partial charge >= 0.3 is 0 Å². The van der Waals surface area contributed by atoms with Crippen molar-refractivity contribution < 1.29 is 9.90 Å². The monoisotopic (exact) mass is 170 g/mol. The van der Waals surface area contributed by atoms with Crippen molar-refractivity contribution in [2.75, 3.05) is 0 Å². The molecule has 0 heterocycles. The van der Waals surface area contributed by atoms with E-state index in [1.165, 1.54) is 6.08 Å².